The van der Waals surface area contributed by atoms with Gasteiger partial charge in [0.15, 0.2) is 0 Å². The van der Waals surface area contributed by atoms with Gasteiger partial charge in [0, 0.05) is 25.0 Å². The van der Waals surface area contributed by atoms with Crippen molar-refractivity contribution >= 4 is 17.6 Å². The number of nitrogens with one attached hydrogen (secondary N) is 1. The molecule has 1 rings (SSSR count). The molecule has 0 amide bonds. The number of aliphatic hydroxyl groups excluding tert-OH is 1. The van der Waals surface area contributed by atoms with Crippen LogP contribution in [0, 0.1) is 0 Å². The van der Waals surface area contributed by atoms with Crippen molar-refractivity contribution in [2.75, 3.05) is 24.2 Å². The van der Waals surface area contributed by atoms with Gasteiger partial charge in [0.25, 0.3) is 0 Å². The molecule has 0 saturated carbocycles. The third-order valence-corrected chi connectivity index (χ3v) is 3.06. The summed E-state index contributed by atoms with van der Waals surface area (Å²) in [5, 5.41) is 11.7. The molecular weight excluding hydrogens is 279 g/mol. The summed E-state index contributed by atoms with van der Waals surface area (Å²) in [6.45, 7) is 2.47. The van der Waals surface area contributed by atoms with Crippen molar-refractivity contribution in [2.24, 2.45) is 0 Å². The average molecular weight is 295 g/mol. The van der Waals surface area contributed by atoms with Crippen LogP contribution in [0.2, 0.25) is 0 Å². The first kappa shape index (κ1) is 16.0. The second-order valence-corrected chi connectivity index (χ2v) is 4.88. The lowest BCUT2D eigenvalue weighted by molar-refractivity contribution is -0.145. The molecule has 0 aliphatic rings. The smallest absolute Gasteiger partial charge is 0.396 e. The van der Waals surface area contributed by atoms with E-state index in [4.69, 9.17) is 5.11 Å². The van der Waals surface area contributed by atoms with Crippen molar-refractivity contribution in [1.82, 2.24) is 9.97 Å². The SMILES string of the molecule is CCCNc1cc(SCCCO)nc(C(F)(F)F)n1. The maximum Gasteiger partial charge on any atom is 0.451 e. The zero-order valence-electron chi connectivity index (χ0n) is 10.5. The Labute approximate surface area is 113 Å². The second kappa shape index (κ2) is 7.54. The molecule has 4 nitrogen and oxygen atoms in total. The van der Waals surface area contributed by atoms with Gasteiger partial charge in [0.2, 0.25) is 5.82 Å². The van der Waals surface area contributed by atoms with E-state index in [1.165, 1.54) is 17.8 Å². The lowest BCUT2D eigenvalue weighted by Gasteiger charge is -2.10. The molecule has 1 aromatic heterocycles. The summed E-state index contributed by atoms with van der Waals surface area (Å²) in [6.07, 6.45) is -3.26. The molecule has 19 heavy (non-hydrogen) atoms. The van der Waals surface area contributed by atoms with Crippen molar-refractivity contribution in [3.8, 4) is 0 Å². The third-order valence-electron chi connectivity index (χ3n) is 2.06. The Morgan fingerprint density at radius 1 is 1.37 bits per heavy atom. The van der Waals surface area contributed by atoms with E-state index in [1.807, 2.05) is 6.92 Å². The molecule has 2 N–H and O–H groups in total. The molecule has 0 aromatic carbocycles. The van der Waals surface area contributed by atoms with Gasteiger partial charge in [0.1, 0.15) is 10.8 Å². The number of nitrogens with zero attached hydrogens (tertiary/aromatic N) is 2. The lowest BCUT2D eigenvalue weighted by atomic mass is 10.4. The minimum absolute atomic E-state index is 0.00511. The third kappa shape index (κ3) is 5.65. The van der Waals surface area contributed by atoms with Crippen molar-refractivity contribution in [3.05, 3.63) is 11.9 Å². The summed E-state index contributed by atoms with van der Waals surface area (Å²) in [6, 6.07) is 1.49. The first-order valence-corrected chi connectivity index (χ1v) is 6.89. The molecule has 1 aromatic rings. The fourth-order valence-electron chi connectivity index (χ4n) is 1.21. The number of aliphatic hydroxyl groups is 1. The Bertz CT molecular complexity index is 401. The minimum Gasteiger partial charge on any atom is -0.396 e. The highest BCUT2D eigenvalue weighted by Crippen LogP contribution is 2.29. The number of hydrogen-bond acceptors (Lipinski definition) is 5. The zero-order valence-corrected chi connectivity index (χ0v) is 11.3. The van der Waals surface area contributed by atoms with Gasteiger partial charge in [-0.05, 0) is 12.8 Å². The molecule has 0 aliphatic carbocycles. The van der Waals surface area contributed by atoms with Crippen LogP contribution in [0.3, 0.4) is 0 Å². The van der Waals surface area contributed by atoms with Gasteiger partial charge in [-0.1, -0.05) is 6.92 Å². The lowest BCUT2D eigenvalue weighted by Crippen LogP contribution is -2.14. The van der Waals surface area contributed by atoms with E-state index >= 15 is 0 Å². The second-order valence-electron chi connectivity index (χ2n) is 3.77. The topological polar surface area (TPSA) is 58.0 Å². The van der Waals surface area contributed by atoms with Crippen molar-refractivity contribution in [3.63, 3.8) is 0 Å². The summed E-state index contributed by atoms with van der Waals surface area (Å²) in [5.41, 5.74) is 0. The van der Waals surface area contributed by atoms with Gasteiger partial charge in [-0.25, -0.2) is 9.97 Å². The van der Waals surface area contributed by atoms with Gasteiger partial charge >= 0.3 is 6.18 Å². The Hall–Kier alpha value is -1.02. The molecule has 0 atom stereocenters. The molecular formula is C11H16F3N3OS. The monoisotopic (exact) mass is 295 g/mol. The molecule has 0 saturated heterocycles. The summed E-state index contributed by atoms with van der Waals surface area (Å²) in [5.74, 6) is -0.450. The van der Waals surface area contributed by atoms with E-state index < -0.39 is 12.0 Å². The van der Waals surface area contributed by atoms with Crippen LogP contribution >= 0.6 is 11.8 Å². The summed E-state index contributed by atoms with van der Waals surface area (Å²) >= 11 is 1.17. The average Bonchev–Trinajstić information content (AvgIpc) is 2.35. The van der Waals surface area contributed by atoms with E-state index in [2.05, 4.69) is 15.3 Å². The Morgan fingerprint density at radius 2 is 2.11 bits per heavy atom. The highest BCUT2D eigenvalue weighted by molar-refractivity contribution is 7.99. The molecule has 8 heteroatoms. The first-order valence-electron chi connectivity index (χ1n) is 5.91. The molecule has 1 heterocycles. The number of aromatic nitrogens is 2. The number of thioether (sulfide) groups is 1. The van der Waals surface area contributed by atoms with Crippen LogP contribution in [-0.4, -0.2) is 34.0 Å². The van der Waals surface area contributed by atoms with Gasteiger partial charge in [-0.2, -0.15) is 13.2 Å². The zero-order chi connectivity index (χ0) is 14.3. The number of hydrogen-bond donors (Lipinski definition) is 2. The van der Waals surface area contributed by atoms with Crippen molar-refractivity contribution in [1.29, 1.82) is 0 Å². The van der Waals surface area contributed by atoms with Crippen LogP contribution in [0.25, 0.3) is 0 Å². The minimum atomic E-state index is -4.56. The van der Waals surface area contributed by atoms with E-state index in [-0.39, 0.29) is 17.5 Å². The molecule has 0 bridgehead atoms. The molecule has 0 aliphatic heterocycles. The number of anilines is 1. The summed E-state index contributed by atoms with van der Waals surface area (Å²) in [7, 11) is 0. The normalized spacial score (nSPS) is 11.6. The Balaban J connectivity index is 2.89. The molecule has 0 radical (unpaired) electrons. The molecule has 0 unspecified atom stereocenters. The van der Waals surface area contributed by atoms with Crippen LogP contribution in [0.1, 0.15) is 25.6 Å². The maximum atomic E-state index is 12.7. The van der Waals surface area contributed by atoms with Crippen molar-refractivity contribution < 1.29 is 18.3 Å². The van der Waals surface area contributed by atoms with E-state index in [0.717, 1.165) is 6.42 Å². The van der Waals surface area contributed by atoms with Crippen LogP contribution in [-0.2, 0) is 6.18 Å². The predicted molar refractivity (Wildman–Crippen MR) is 68.2 cm³/mol. The number of alkyl halides is 3. The fraction of sp³-hybridized carbons (Fsp3) is 0.636. The van der Waals surface area contributed by atoms with Crippen LogP contribution in [0.15, 0.2) is 11.1 Å². The number of rotatable bonds is 7. The van der Waals surface area contributed by atoms with E-state index in [1.54, 1.807) is 0 Å². The largest absolute Gasteiger partial charge is 0.451 e. The predicted octanol–water partition coefficient (Wildman–Crippen LogP) is 2.79. The Morgan fingerprint density at radius 3 is 2.68 bits per heavy atom. The molecule has 108 valence electrons. The molecule has 0 spiro atoms. The first-order chi connectivity index (χ1) is 8.97. The highest BCUT2D eigenvalue weighted by Gasteiger charge is 2.35. The quantitative estimate of drug-likeness (QED) is 0.460. The van der Waals surface area contributed by atoms with E-state index in [9.17, 15) is 13.2 Å². The maximum absolute atomic E-state index is 12.7. The fourth-order valence-corrected chi connectivity index (χ4v) is 2.04. The van der Waals surface area contributed by atoms with Gasteiger partial charge in [-0.3, -0.25) is 0 Å². The Kier molecular flexibility index (Phi) is 6.36. The van der Waals surface area contributed by atoms with Crippen LogP contribution in [0.4, 0.5) is 19.0 Å². The summed E-state index contributed by atoms with van der Waals surface area (Å²) in [4.78, 5) is 6.95. The van der Waals surface area contributed by atoms with Crippen LogP contribution < -0.4 is 5.32 Å². The standard InChI is InChI=1S/C11H16F3N3OS/c1-2-4-15-8-7-9(19-6-3-5-18)17-10(16-8)11(12,13)14/h7,18H,2-6H2,1H3,(H,15,16,17). The van der Waals surface area contributed by atoms with Gasteiger partial charge in [-0.15, -0.1) is 11.8 Å². The highest BCUT2D eigenvalue weighted by atomic mass is 32.2. The number of halogens is 3. The van der Waals surface area contributed by atoms with Crippen LogP contribution in [0.5, 0.6) is 0 Å². The summed E-state index contributed by atoms with van der Waals surface area (Å²) < 4.78 is 38.0. The van der Waals surface area contributed by atoms with Gasteiger partial charge < -0.3 is 10.4 Å². The molecule has 0 fully saturated rings. The van der Waals surface area contributed by atoms with E-state index in [0.29, 0.717) is 18.7 Å². The van der Waals surface area contributed by atoms with Crippen molar-refractivity contribution in [2.45, 2.75) is 31.0 Å². The van der Waals surface area contributed by atoms with Gasteiger partial charge in [0.05, 0.1) is 0 Å².